The molecular formula is C31H24O8. The summed E-state index contributed by atoms with van der Waals surface area (Å²) in [4.78, 5) is 27.4. The summed E-state index contributed by atoms with van der Waals surface area (Å²) in [6.07, 6.45) is 0. The predicted molar refractivity (Wildman–Crippen MR) is 141 cm³/mol. The fraction of sp³-hybridized carbons (Fsp3) is 0.161. The van der Waals surface area contributed by atoms with E-state index in [0.29, 0.717) is 27.8 Å². The number of carbonyl (C=O) groups is 2. The number of hydrogen-bond acceptors (Lipinski definition) is 8. The Labute approximate surface area is 223 Å². The molecule has 6 rings (SSSR count). The van der Waals surface area contributed by atoms with Gasteiger partial charge in [-0.1, -0.05) is 12.1 Å². The molecule has 5 N–H and O–H groups in total. The van der Waals surface area contributed by atoms with Gasteiger partial charge in [-0.3, -0.25) is 9.59 Å². The van der Waals surface area contributed by atoms with Crippen LogP contribution in [0, 0.1) is 13.8 Å². The summed E-state index contributed by atoms with van der Waals surface area (Å²) in [7, 11) is 1.42. The molecule has 2 aliphatic carbocycles. The minimum atomic E-state index is -0.838. The molecular weight excluding hydrogens is 500 g/mol. The zero-order valence-electron chi connectivity index (χ0n) is 21.2. The Morgan fingerprint density at radius 1 is 0.538 bits per heavy atom. The van der Waals surface area contributed by atoms with Crippen molar-refractivity contribution in [2.24, 2.45) is 0 Å². The molecule has 4 aromatic carbocycles. The van der Waals surface area contributed by atoms with Crippen molar-refractivity contribution in [2.45, 2.75) is 25.7 Å². The molecule has 39 heavy (non-hydrogen) atoms. The summed E-state index contributed by atoms with van der Waals surface area (Å²) in [5, 5.41) is 54.2. The van der Waals surface area contributed by atoms with E-state index < -0.39 is 29.2 Å². The van der Waals surface area contributed by atoms with E-state index in [2.05, 4.69) is 0 Å². The van der Waals surface area contributed by atoms with Crippen molar-refractivity contribution in [3.8, 4) is 34.5 Å². The number of phenolic OH excluding ortho intramolecular Hbond substituents is 5. The number of fused-ring (bicyclic) bond motifs is 4. The number of ketones is 2. The molecule has 0 fully saturated rings. The summed E-state index contributed by atoms with van der Waals surface area (Å²) in [5.74, 6) is -4.18. The van der Waals surface area contributed by atoms with Crippen molar-refractivity contribution < 1.29 is 39.9 Å². The van der Waals surface area contributed by atoms with Gasteiger partial charge in [0.2, 0.25) is 11.6 Å². The molecule has 0 radical (unpaired) electrons. The van der Waals surface area contributed by atoms with Crippen molar-refractivity contribution in [2.75, 3.05) is 7.11 Å². The van der Waals surface area contributed by atoms with E-state index >= 15 is 0 Å². The molecule has 0 spiro atoms. The third-order valence-corrected chi connectivity index (χ3v) is 7.66. The largest absolute Gasteiger partial charge is 0.508 e. The lowest BCUT2D eigenvalue weighted by atomic mass is 9.63. The van der Waals surface area contributed by atoms with E-state index in [4.69, 9.17) is 4.74 Å². The van der Waals surface area contributed by atoms with Gasteiger partial charge in [-0.25, -0.2) is 0 Å². The number of rotatable bonds is 2. The minimum absolute atomic E-state index is 0.000170. The molecule has 0 aromatic heterocycles. The van der Waals surface area contributed by atoms with Gasteiger partial charge in [0.1, 0.15) is 34.5 Å². The summed E-state index contributed by atoms with van der Waals surface area (Å²) < 4.78 is 5.41. The van der Waals surface area contributed by atoms with Crippen LogP contribution in [0.1, 0.15) is 77.1 Å². The Bertz CT molecular complexity index is 1710. The van der Waals surface area contributed by atoms with Gasteiger partial charge >= 0.3 is 0 Å². The molecule has 0 amide bonds. The predicted octanol–water partition coefficient (Wildman–Crippen LogP) is 4.89. The van der Waals surface area contributed by atoms with Gasteiger partial charge < -0.3 is 30.3 Å². The molecule has 0 unspecified atom stereocenters. The Morgan fingerprint density at radius 2 is 0.923 bits per heavy atom. The highest BCUT2D eigenvalue weighted by atomic mass is 16.5. The highest BCUT2D eigenvalue weighted by Gasteiger charge is 2.46. The molecule has 196 valence electrons. The summed E-state index contributed by atoms with van der Waals surface area (Å²) in [5.41, 5.74) is 2.67. The van der Waals surface area contributed by atoms with Crippen molar-refractivity contribution in [1.29, 1.82) is 0 Å². The molecule has 8 heteroatoms. The number of aromatic hydroxyl groups is 5. The quantitative estimate of drug-likeness (QED) is 0.249. The number of ether oxygens (including phenoxy) is 1. The first-order valence-corrected chi connectivity index (χ1v) is 12.2. The fourth-order valence-electron chi connectivity index (χ4n) is 6.24. The molecule has 2 atom stereocenters. The SMILES string of the molecule is COc1cc(O)c2c(c1)[C@@H]([C@H]1c3cc(C)cc(O)c3C(=O)c3c(O)cc(O)cc31)c1cc(C)cc(O)c1C2=O. The molecule has 0 saturated heterocycles. The van der Waals surface area contributed by atoms with Crippen LogP contribution in [0.2, 0.25) is 0 Å². The van der Waals surface area contributed by atoms with Crippen molar-refractivity contribution in [1.82, 2.24) is 0 Å². The number of aryl methyl sites for hydroxylation is 2. The molecule has 0 bridgehead atoms. The van der Waals surface area contributed by atoms with Crippen LogP contribution in [0.3, 0.4) is 0 Å². The molecule has 0 heterocycles. The van der Waals surface area contributed by atoms with Crippen LogP contribution >= 0.6 is 0 Å². The molecule has 0 aliphatic heterocycles. The van der Waals surface area contributed by atoms with Gasteiger partial charge in [0.25, 0.3) is 0 Å². The van der Waals surface area contributed by atoms with E-state index in [9.17, 15) is 35.1 Å². The number of benzene rings is 4. The zero-order valence-corrected chi connectivity index (χ0v) is 21.2. The van der Waals surface area contributed by atoms with Crippen LogP contribution in [0.4, 0.5) is 0 Å². The lowest BCUT2D eigenvalue weighted by molar-refractivity contribution is 0.101. The number of phenols is 5. The van der Waals surface area contributed by atoms with Crippen LogP contribution in [0.25, 0.3) is 0 Å². The molecule has 0 saturated carbocycles. The first-order chi connectivity index (χ1) is 18.5. The van der Waals surface area contributed by atoms with Crippen LogP contribution in [-0.2, 0) is 0 Å². The highest BCUT2D eigenvalue weighted by molar-refractivity contribution is 6.18. The standard InChI is InChI=1S/C31H24O8/c1-12-4-16-24(18-8-14(32)9-22(35)28(18)30(37)26(16)20(33)6-12)25-17-5-13(2)7-21(34)27(17)31(38)29-19(25)10-15(39-3)11-23(29)36/h4-11,24-25,32-36H,1-3H3/t24-,25-/m0/s1. The third-order valence-electron chi connectivity index (χ3n) is 7.66. The number of hydrogen-bond donors (Lipinski definition) is 5. The molecule has 2 aliphatic rings. The average molecular weight is 525 g/mol. The first kappa shape index (κ1) is 24.4. The van der Waals surface area contributed by atoms with Crippen LogP contribution in [-0.4, -0.2) is 44.2 Å². The van der Waals surface area contributed by atoms with Crippen molar-refractivity contribution in [3.05, 3.63) is 104 Å². The zero-order chi connectivity index (χ0) is 27.9. The highest BCUT2D eigenvalue weighted by Crippen LogP contribution is 2.56. The monoisotopic (exact) mass is 524 g/mol. The van der Waals surface area contributed by atoms with E-state index in [1.54, 1.807) is 32.0 Å². The van der Waals surface area contributed by atoms with Gasteiger partial charge in [-0.2, -0.15) is 0 Å². The molecule has 8 nitrogen and oxygen atoms in total. The number of carbonyl (C=O) groups excluding carboxylic acids is 2. The molecule has 4 aromatic rings. The van der Waals surface area contributed by atoms with Crippen LogP contribution in [0.5, 0.6) is 34.5 Å². The smallest absolute Gasteiger partial charge is 0.201 e. The van der Waals surface area contributed by atoms with Crippen molar-refractivity contribution in [3.63, 3.8) is 0 Å². The van der Waals surface area contributed by atoms with E-state index in [0.717, 1.165) is 6.07 Å². The summed E-state index contributed by atoms with van der Waals surface area (Å²) >= 11 is 0. The second-order valence-electron chi connectivity index (χ2n) is 10.2. The van der Waals surface area contributed by atoms with E-state index in [1.807, 2.05) is 0 Å². The Hall–Kier alpha value is -4.98. The Balaban J connectivity index is 1.80. The van der Waals surface area contributed by atoms with E-state index in [-0.39, 0.29) is 56.6 Å². The Kier molecular flexibility index (Phi) is 5.16. The van der Waals surface area contributed by atoms with Crippen LogP contribution < -0.4 is 4.74 Å². The van der Waals surface area contributed by atoms with Gasteiger partial charge in [0, 0.05) is 24.0 Å². The normalized spacial score (nSPS) is 17.2. The Morgan fingerprint density at radius 3 is 1.38 bits per heavy atom. The average Bonchev–Trinajstić information content (AvgIpc) is 2.83. The fourth-order valence-corrected chi connectivity index (χ4v) is 6.24. The van der Waals surface area contributed by atoms with Crippen LogP contribution in [0.15, 0.2) is 48.5 Å². The maximum Gasteiger partial charge on any atom is 0.201 e. The second kappa shape index (κ2) is 8.26. The van der Waals surface area contributed by atoms with Gasteiger partial charge in [0.15, 0.2) is 0 Å². The second-order valence-corrected chi connectivity index (χ2v) is 10.2. The third kappa shape index (κ3) is 3.38. The summed E-state index contributed by atoms with van der Waals surface area (Å²) in [6, 6.07) is 11.8. The van der Waals surface area contributed by atoms with E-state index in [1.165, 1.54) is 31.4 Å². The van der Waals surface area contributed by atoms with Crippen molar-refractivity contribution >= 4 is 11.6 Å². The maximum absolute atomic E-state index is 13.7. The maximum atomic E-state index is 13.7. The number of methoxy groups -OCH3 is 1. The summed E-state index contributed by atoms with van der Waals surface area (Å²) in [6.45, 7) is 3.52. The van der Waals surface area contributed by atoms with Gasteiger partial charge in [-0.15, -0.1) is 0 Å². The van der Waals surface area contributed by atoms with Gasteiger partial charge in [0.05, 0.1) is 29.4 Å². The lowest BCUT2D eigenvalue weighted by Crippen LogP contribution is -2.29. The topological polar surface area (TPSA) is 145 Å². The lowest BCUT2D eigenvalue weighted by Gasteiger charge is -2.38. The van der Waals surface area contributed by atoms with Gasteiger partial charge in [-0.05, 0) is 71.5 Å². The minimum Gasteiger partial charge on any atom is -0.508 e. The first-order valence-electron chi connectivity index (χ1n) is 12.2.